The maximum atomic E-state index is 12.3. The van der Waals surface area contributed by atoms with Crippen molar-refractivity contribution in [1.82, 2.24) is 3.71 Å². The highest BCUT2D eigenvalue weighted by molar-refractivity contribution is 8.11. The van der Waals surface area contributed by atoms with Crippen LogP contribution in [-0.4, -0.2) is 29.2 Å². The van der Waals surface area contributed by atoms with Gasteiger partial charge in [-0.2, -0.15) is 0 Å². The van der Waals surface area contributed by atoms with Gasteiger partial charge in [0, 0.05) is 0 Å². The van der Waals surface area contributed by atoms with Crippen molar-refractivity contribution in [3.63, 3.8) is 0 Å². The molecule has 96 valence electrons. The summed E-state index contributed by atoms with van der Waals surface area (Å²) in [5.74, 6) is -1.11. The van der Waals surface area contributed by atoms with E-state index in [9.17, 15) is 13.2 Å². The van der Waals surface area contributed by atoms with E-state index in [4.69, 9.17) is 5.11 Å². The maximum absolute atomic E-state index is 12.3. The summed E-state index contributed by atoms with van der Waals surface area (Å²) in [6.45, 7) is 1.64. The van der Waals surface area contributed by atoms with Crippen LogP contribution in [-0.2, 0) is 14.8 Å². The molecule has 1 aromatic rings. The summed E-state index contributed by atoms with van der Waals surface area (Å²) >= 11 is 0.736. The van der Waals surface area contributed by atoms with Crippen LogP contribution in [0.4, 0.5) is 0 Å². The molecule has 1 aliphatic heterocycles. The molecule has 18 heavy (non-hydrogen) atoms. The molecule has 0 spiro atoms. The molecule has 1 aliphatic rings. The third-order valence-corrected chi connectivity index (χ3v) is 5.91. The lowest BCUT2D eigenvalue weighted by Gasteiger charge is -2.19. The number of benzene rings is 1. The molecule has 5 nitrogen and oxygen atoms in total. The summed E-state index contributed by atoms with van der Waals surface area (Å²) in [5.41, 5.74) is 0. The first kappa shape index (κ1) is 13.1. The Morgan fingerprint density at radius 1 is 1.33 bits per heavy atom. The molecule has 7 heteroatoms. The molecule has 0 saturated carbocycles. The van der Waals surface area contributed by atoms with Crippen LogP contribution in [0.25, 0.3) is 0 Å². The monoisotopic (exact) mass is 285 g/mol. The Kier molecular flexibility index (Phi) is 3.47. The maximum Gasteiger partial charge on any atom is 0.343 e. The van der Waals surface area contributed by atoms with E-state index in [0.717, 1.165) is 15.7 Å². The zero-order valence-electron chi connectivity index (χ0n) is 9.48. The van der Waals surface area contributed by atoms with E-state index < -0.39 is 22.0 Å². The lowest BCUT2D eigenvalue weighted by Crippen LogP contribution is -2.28. The van der Waals surface area contributed by atoms with Crippen molar-refractivity contribution < 1.29 is 18.3 Å². The molecule has 1 unspecified atom stereocenters. The summed E-state index contributed by atoms with van der Waals surface area (Å²) in [6, 6.07) is 7.47. The highest BCUT2D eigenvalue weighted by Crippen LogP contribution is 2.37. The van der Waals surface area contributed by atoms with Crippen LogP contribution in [0.2, 0.25) is 0 Å². The molecule has 0 fully saturated rings. The van der Waals surface area contributed by atoms with Gasteiger partial charge in [0.1, 0.15) is 4.91 Å². The molecule has 1 N–H and O–H groups in total. The van der Waals surface area contributed by atoms with Crippen molar-refractivity contribution in [2.24, 2.45) is 0 Å². The SMILES string of the molecule is CC1C=C(C(=O)O)SN1S(=O)(=O)c1ccccc1. The fraction of sp³-hybridized carbons (Fsp3) is 0.182. The number of aliphatic carboxylic acids is 1. The van der Waals surface area contributed by atoms with E-state index in [0.29, 0.717) is 0 Å². The largest absolute Gasteiger partial charge is 0.477 e. The van der Waals surface area contributed by atoms with Crippen molar-refractivity contribution in [1.29, 1.82) is 0 Å². The summed E-state index contributed by atoms with van der Waals surface area (Å²) in [7, 11) is -3.67. The second-order valence-corrected chi connectivity index (χ2v) is 6.80. The Balaban J connectivity index is 2.32. The molecule has 0 amide bonds. The molecule has 0 aliphatic carbocycles. The van der Waals surface area contributed by atoms with Gasteiger partial charge < -0.3 is 5.11 Å². The molecule has 0 bridgehead atoms. The van der Waals surface area contributed by atoms with E-state index in [1.54, 1.807) is 25.1 Å². The number of sulfonamides is 1. The van der Waals surface area contributed by atoms with E-state index in [1.807, 2.05) is 0 Å². The quantitative estimate of drug-likeness (QED) is 0.855. The molecule has 1 heterocycles. The second-order valence-electron chi connectivity index (χ2n) is 3.74. The number of hydrogen-bond acceptors (Lipinski definition) is 4. The van der Waals surface area contributed by atoms with Crippen molar-refractivity contribution in [3.8, 4) is 0 Å². The van der Waals surface area contributed by atoms with Gasteiger partial charge in [0.25, 0.3) is 10.0 Å². The Bertz CT molecular complexity index is 595. The molecule has 0 aromatic heterocycles. The summed E-state index contributed by atoms with van der Waals surface area (Å²) in [4.78, 5) is 11.0. The average molecular weight is 285 g/mol. The average Bonchev–Trinajstić information content (AvgIpc) is 2.73. The number of rotatable bonds is 3. The fourth-order valence-corrected chi connectivity index (χ4v) is 4.42. The van der Waals surface area contributed by atoms with Crippen LogP contribution >= 0.6 is 11.9 Å². The summed E-state index contributed by atoms with van der Waals surface area (Å²) < 4.78 is 25.7. The van der Waals surface area contributed by atoms with E-state index in [2.05, 4.69) is 0 Å². The standard InChI is InChI=1S/C11H11NO4S2/c1-8-7-10(11(13)14)17-12(8)18(15,16)9-5-3-2-4-6-9/h2-8H,1H3,(H,13,14). The van der Waals surface area contributed by atoms with Crippen LogP contribution in [0.1, 0.15) is 6.92 Å². The molecule has 2 rings (SSSR count). The Morgan fingerprint density at radius 3 is 2.44 bits per heavy atom. The first-order valence-electron chi connectivity index (χ1n) is 5.15. The van der Waals surface area contributed by atoms with Crippen molar-refractivity contribution in [2.75, 3.05) is 0 Å². The minimum absolute atomic E-state index is 0.0296. The highest BCUT2D eigenvalue weighted by Gasteiger charge is 2.36. The van der Waals surface area contributed by atoms with E-state index in [-0.39, 0.29) is 9.80 Å². The van der Waals surface area contributed by atoms with Gasteiger partial charge >= 0.3 is 5.97 Å². The number of carboxylic acid groups (broad SMARTS) is 1. The van der Waals surface area contributed by atoms with Gasteiger partial charge in [0.2, 0.25) is 0 Å². The second kappa shape index (κ2) is 4.75. The van der Waals surface area contributed by atoms with Crippen LogP contribution in [0.15, 0.2) is 46.2 Å². The van der Waals surface area contributed by atoms with Gasteiger partial charge in [-0.3, -0.25) is 0 Å². The topological polar surface area (TPSA) is 74.7 Å². The van der Waals surface area contributed by atoms with Gasteiger partial charge in [-0.1, -0.05) is 18.2 Å². The minimum atomic E-state index is -3.67. The zero-order chi connectivity index (χ0) is 13.3. The van der Waals surface area contributed by atoms with Gasteiger partial charge in [-0.25, -0.2) is 13.2 Å². The molecule has 0 radical (unpaired) electrons. The predicted molar refractivity (Wildman–Crippen MR) is 68.2 cm³/mol. The third-order valence-electron chi connectivity index (χ3n) is 2.40. The van der Waals surface area contributed by atoms with Gasteiger partial charge in [-0.15, -0.1) is 3.71 Å². The summed E-state index contributed by atoms with van der Waals surface area (Å²) in [5, 5.41) is 8.87. The highest BCUT2D eigenvalue weighted by atomic mass is 32.3. The smallest absolute Gasteiger partial charge is 0.343 e. The Labute approximate surface area is 109 Å². The van der Waals surface area contributed by atoms with Crippen LogP contribution < -0.4 is 0 Å². The van der Waals surface area contributed by atoms with Crippen molar-refractivity contribution in [2.45, 2.75) is 17.9 Å². The van der Waals surface area contributed by atoms with Crippen LogP contribution in [0.3, 0.4) is 0 Å². The first-order valence-corrected chi connectivity index (χ1v) is 7.37. The van der Waals surface area contributed by atoms with Crippen LogP contribution in [0.5, 0.6) is 0 Å². The molecule has 1 aromatic carbocycles. The zero-order valence-corrected chi connectivity index (χ0v) is 11.1. The van der Waals surface area contributed by atoms with Crippen LogP contribution in [0, 0.1) is 0 Å². The Morgan fingerprint density at radius 2 is 1.94 bits per heavy atom. The molecular weight excluding hydrogens is 274 g/mol. The van der Waals surface area contributed by atoms with Crippen molar-refractivity contribution >= 4 is 27.9 Å². The molecule has 1 atom stereocenters. The summed E-state index contributed by atoms with van der Waals surface area (Å²) in [6.07, 6.45) is 1.42. The van der Waals surface area contributed by atoms with E-state index >= 15 is 0 Å². The normalized spacial score (nSPS) is 20.7. The first-order chi connectivity index (χ1) is 8.43. The fourth-order valence-electron chi connectivity index (χ4n) is 1.57. The third kappa shape index (κ3) is 2.29. The number of carbonyl (C=O) groups is 1. The number of carboxylic acids is 1. The molecule has 0 saturated heterocycles. The van der Waals surface area contributed by atoms with Gasteiger partial charge in [0.15, 0.2) is 0 Å². The molecular formula is C11H11NO4S2. The van der Waals surface area contributed by atoms with Crippen molar-refractivity contribution in [3.05, 3.63) is 41.3 Å². The number of nitrogens with zero attached hydrogens (tertiary/aromatic N) is 1. The lowest BCUT2D eigenvalue weighted by atomic mass is 10.3. The van der Waals surface area contributed by atoms with E-state index in [1.165, 1.54) is 18.2 Å². The number of hydrogen-bond donors (Lipinski definition) is 1. The Hall–Kier alpha value is -1.31. The lowest BCUT2D eigenvalue weighted by molar-refractivity contribution is -0.131. The van der Waals surface area contributed by atoms with Gasteiger partial charge in [0.05, 0.1) is 10.9 Å². The predicted octanol–water partition coefficient (Wildman–Crippen LogP) is 1.70. The minimum Gasteiger partial charge on any atom is -0.477 e. The van der Waals surface area contributed by atoms with Gasteiger partial charge in [-0.05, 0) is 37.1 Å².